The number of halogens is 2. The maximum Gasteiger partial charge on any atom is 0.124 e. The van der Waals surface area contributed by atoms with Crippen LogP contribution in [0.25, 0.3) is 0 Å². The van der Waals surface area contributed by atoms with Crippen LogP contribution < -0.4 is 5.32 Å². The van der Waals surface area contributed by atoms with E-state index >= 15 is 0 Å². The third-order valence-electron chi connectivity index (χ3n) is 3.74. The van der Waals surface area contributed by atoms with Gasteiger partial charge in [0.15, 0.2) is 0 Å². The summed E-state index contributed by atoms with van der Waals surface area (Å²) in [4.78, 5) is 0. The summed E-state index contributed by atoms with van der Waals surface area (Å²) in [5, 5.41) is 3.63. The lowest BCUT2D eigenvalue weighted by Crippen LogP contribution is -2.33. The highest BCUT2D eigenvalue weighted by Gasteiger charge is 2.26. The van der Waals surface area contributed by atoms with Gasteiger partial charge in [-0.1, -0.05) is 29.3 Å². The Kier molecular flexibility index (Phi) is 5.19. The lowest BCUT2D eigenvalue weighted by Gasteiger charge is -2.21. The average molecular weight is 314 g/mol. The lowest BCUT2D eigenvalue weighted by molar-refractivity contribution is 0.398. The minimum Gasteiger partial charge on any atom is -0.314 e. The van der Waals surface area contributed by atoms with E-state index in [2.05, 4.69) is 28.2 Å². The zero-order valence-electron chi connectivity index (χ0n) is 10.9. The van der Waals surface area contributed by atoms with E-state index in [4.69, 9.17) is 0 Å². The molecule has 0 bridgehead atoms. The molecule has 1 aliphatic carbocycles. The molecule has 1 nitrogen and oxygen atoms in total. The summed E-state index contributed by atoms with van der Waals surface area (Å²) in [6, 6.07) is 5.84. The van der Waals surface area contributed by atoms with E-state index < -0.39 is 0 Å². The highest BCUT2D eigenvalue weighted by atomic mass is 79.9. The van der Waals surface area contributed by atoms with Crippen LogP contribution in [0.5, 0.6) is 0 Å². The van der Waals surface area contributed by atoms with Crippen LogP contribution in [0.4, 0.5) is 4.39 Å². The molecule has 1 saturated carbocycles. The zero-order valence-corrected chi connectivity index (χ0v) is 12.5. The van der Waals surface area contributed by atoms with Crippen molar-refractivity contribution in [2.45, 2.75) is 45.1 Å². The van der Waals surface area contributed by atoms with Crippen molar-refractivity contribution in [3.05, 3.63) is 34.1 Å². The minimum atomic E-state index is -0.143. The number of rotatable bonds is 5. The second-order valence-electron chi connectivity index (χ2n) is 5.23. The van der Waals surface area contributed by atoms with Crippen LogP contribution in [0.15, 0.2) is 22.7 Å². The second-order valence-corrected chi connectivity index (χ2v) is 6.15. The normalized spacial score (nSPS) is 23.5. The van der Waals surface area contributed by atoms with Crippen LogP contribution in [-0.2, 0) is 6.42 Å². The summed E-state index contributed by atoms with van der Waals surface area (Å²) in [5.41, 5.74) is 1.11. The fraction of sp³-hybridized carbons (Fsp3) is 0.600. The number of hydrogen-bond donors (Lipinski definition) is 1. The van der Waals surface area contributed by atoms with Gasteiger partial charge in [-0.3, -0.25) is 0 Å². The summed E-state index contributed by atoms with van der Waals surface area (Å²) < 4.78 is 14.2. The van der Waals surface area contributed by atoms with E-state index in [1.165, 1.54) is 31.7 Å². The molecule has 2 rings (SSSR count). The Hall–Kier alpha value is -0.410. The average Bonchev–Trinajstić information content (AvgIpc) is 2.72. The second kappa shape index (κ2) is 6.67. The molecule has 0 aromatic heterocycles. The number of nitrogens with one attached hydrogen (secondary N) is 1. The molecule has 2 unspecified atom stereocenters. The summed E-state index contributed by atoms with van der Waals surface area (Å²) in [7, 11) is 0. The quantitative estimate of drug-likeness (QED) is 0.854. The number of benzene rings is 1. The molecule has 0 aliphatic heterocycles. The molecule has 1 aromatic rings. The monoisotopic (exact) mass is 313 g/mol. The fourth-order valence-electron chi connectivity index (χ4n) is 2.91. The van der Waals surface area contributed by atoms with Crippen LogP contribution in [0.3, 0.4) is 0 Å². The molecule has 1 N–H and O–H groups in total. The Bertz CT molecular complexity index is 374. The fourth-order valence-corrected chi connectivity index (χ4v) is 3.42. The van der Waals surface area contributed by atoms with Crippen LogP contribution >= 0.6 is 15.9 Å². The predicted octanol–water partition coefficient (Wildman–Crippen LogP) is 4.30. The molecule has 2 atom stereocenters. The maximum absolute atomic E-state index is 13.4. The van der Waals surface area contributed by atoms with Gasteiger partial charge in [-0.05, 0) is 61.9 Å². The highest BCUT2D eigenvalue weighted by molar-refractivity contribution is 9.10. The SMILES string of the molecule is CCCNC1CCCC1Cc1cc(F)cc(Br)c1. The Morgan fingerprint density at radius 2 is 2.17 bits per heavy atom. The lowest BCUT2D eigenvalue weighted by atomic mass is 9.94. The van der Waals surface area contributed by atoms with Gasteiger partial charge < -0.3 is 5.32 Å². The largest absolute Gasteiger partial charge is 0.314 e. The van der Waals surface area contributed by atoms with Crippen molar-refractivity contribution in [3.8, 4) is 0 Å². The van der Waals surface area contributed by atoms with E-state index in [9.17, 15) is 4.39 Å². The standard InChI is InChI=1S/C15H21BrFN/c1-2-6-18-15-5-3-4-12(15)7-11-8-13(16)10-14(17)9-11/h8-10,12,15,18H,2-7H2,1H3. The highest BCUT2D eigenvalue weighted by Crippen LogP contribution is 2.29. The Labute approximate surface area is 117 Å². The third kappa shape index (κ3) is 3.79. The third-order valence-corrected chi connectivity index (χ3v) is 4.19. The molecule has 100 valence electrons. The van der Waals surface area contributed by atoms with Gasteiger partial charge in [-0.2, -0.15) is 0 Å². The Morgan fingerprint density at radius 3 is 2.89 bits per heavy atom. The summed E-state index contributed by atoms with van der Waals surface area (Å²) in [6.07, 6.45) is 5.98. The molecule has 1 aromatic carbocycles. The summed E-state index contributed by atoms with van der Waals surface area (Å²) in [5.74, 6) is 0.515. The van der Waals surface area contributed by atoms with Gasteiger partial charge >= 0.3 is 0 Å². The van der Waals surface area contributed by atoms with Gasteiger partial charge in [0.1, 0.15) is 5.82 Å². The number of hydrogen-bond acceptors (Lipinski definition) is 1. The van der Waals surface area contributed by atoms with Crippen molar-refractivity contribution in [2.75, 3.05) is 6.54 Å². The first kappa shape index (κ1) is 14.0. The van der Waals surface area contributed by atoms with Gasteiger partial charge in [0.2, 0.25) is 0 Å². The molecule has 0 spiro atoms. The van der Waals surface area contributed by atoms with Crippen molar-refractivity contribution in [2.24, 2.45) is 5.92 Å². The molecule has 18 heavy (non-hydrogen) atoms. The minimum absolute atomic E-state index is 0.143. The van der Waals surface area contributed by atoms with Crippen molar-refractivity contribution >= 4 is 15.9 Å². The first-order valence-electron chi connectivity index (χ1n) is 6.87. The van der Waals surface area contributed by atoms with Crippen LogP contribution in [0.1, 0.15) is 38.2 Å². The molecular weight excluding hydrogens is 293 g/mol. The molecule has 1 aliphatic rings. The topological polar surface area (TPSA) is 12.0 Å². The van der Waals surface area contributed by atoms with Crippen molar-refractivity contribution in [3.63, 3.8) is 0 Å². The van der Waals surface area contributed by atoms with E-state index in [1.54, 1.807) is 6.07 Å². The molecule has 3 heteroatoms. The summed E-state index contributed by atoms with van der Waals surface area (Å²) in [6.45, 7) is 3.29. The summed E-state index contributed by atoms with van der Waals surface area (Å²) >= 11 is 3.36. The smallest absolute Gasteiger partial charge is 0.124 e. The van der Waals surface area contributed by atoms with Gasteiger partial charge in [0.25, 0.3) is 0 Å². The zero-order chi connectivity index (χ0) is 13.0. The molecule has 0 radical (unpaired) electrons. The van der Waals surface area contributed by atoms with E-state index in [1.807, 2.05) is 6.07 Å². The van der Waals surface area contributed by atoms with Gasteiger partial charge in [-0.15, -0.1) is 0 Å². The van der Waals surface area contributed by atoms with E-state index in [-0.39, 0.29) is 5.82 Å². The van der Waals surface area contributed by atoms with Crippen LogP contribution in [0.2, 0.25) is 0 Å². The Balaban J connectivity index is 1.98. The molecule has 0 amide bonds. The molecule has 1 fully saturated rings. The van der Waals surface area contributed by atoms with Gasteiger partial charge in [-0.25, -0.2) is 4.39 Å². The van der Waals surface area contributed by atoms with Gasteiger partial charge in [0.05, 0.1) is 0 Å². The Morgan fingerprint density at radius 1 is 1.33 bits per heavy atom. The van der Waals surface area contributed by atoms with Crippen molar-refractivity contribution in [1.82, 2.24) is 5.32 Å². The predicted molar refractivity (Wildman–Crippen MR) is 77.2 cm³/mol. The maximum atomic E-state index is 13.4. The first-order valence-corrected chi connectivity index (χ1v) is 7.66. The van der Waals surface area contributed by atoms with Gasteiger partial charge in [0, 0.05) is 10.5 Å². The van der Waals surface area contributed by atoms with Crippen LogP contribution in [-0.4, -0.2) is 12.6 Å². The first-order chi connectivity index (χ1) is 8.69. The molecule has 0 saturated heterocycles. The van der Waals surface area contributed by atoms with Crippen LogP contribution in [0, 0.1) is 11.7 Å². The van der Waals surface area contributed by atoms with Crippen molar-refractivity contribution in [1.29, 1.82) is 0 Å². The van der Waals surface area contributed by atoms with E-state index in [0.717, 1.165) is 23.0 Å². The molecule has 0 heterocycles. The van der Waals surface area contributed by atoms with Crippen molar-refractivity contribution < 1.29 is 4.39 Å². The van der Waals surface area contributed by atoms with E-state index in [0.29, 0.717) is 12.0 Å². The molecular formula is C15H21BrFN.